The third kappa shape index (κ3) is 4.47. The van der Waals surface area contributed by atoms with E-state index in [0.29, 0.717) is 13.1 Å². The number of hydrogen-bond donors (Lipinski definition) is 2. The van der Waals surface area contributed by atoms with Crippen LogP contribution in [0.25, 0.3) is 0 Å². The number of aryl methyl sites for hydroxylation is 2. The first-order valence-electron chi connectivity index (χ1n) is 8.28. The van der Waals surface area contributed by atoms with Crippen LogP contribution in [0.1, 0.15) is 22.3 Å². The Morgan fingerprint density at radius 3 is 2.60 bits per heavy atom. The summed E-state index contributed by atoms with van der Waals surface area (Å²) in [6.45, 7) is 5.17. The predicted molar refractivity (Wildman–Crippen MR) is 99.5 cm³/mol. The Kier molecular flexibility index (Phi) is 5.14. The van der Waals surface area contributed by atoms with Crippen LogP contribution in [0.15, 0.2) is 60.9 Å². The summed E-state index contributed by atoms with van der Waals surface area (Å²) in [6.07, 6.45) is 3.69. The van der Waals surface area contributed by atoms with Gasteiger partial charge in [0.05, 0.1) is 6.54 Å². The fraction of sp³-hybridized carbons (Fsp3) is 0.200. The van der Waals surface area contributed by atoms with Gasteiger partial charge in [-0.05, 0) is 42.7 Å². The smallest absolute Gasteiger partial charge is 0.319 e. The normalized spacial score (nSPS) is 10.5. The average molecular weight is 334 g/mol. The van der Waals surface area contributed by atoms with E-state index in [1.54, 1.807) is 6.20 Å². The summed E-state index contributed by atoms with van der Waals surface area (Å²) in [5.41, 5.74) is 5.27. The molecule has 3 aromatic rings. The van der Waals surface area contributed by atoms with E-state index >= 15 is 0 Å². The van der Waals surface area contributed by atoms with Crippen LogP contribution in [-0.2, 0) is 13.1 Å². The maximum atomic E-state index is 12.2. The minimum absolute atomic E-state index is 0.208. The number of nitrogens with zero attached hydrogens (tertiary/aromatic N) is 2. The summed E-state index contributed by atoms with van der Waals surface area (Å²) in [5, 5.41) is 10.1. The number of carbonyl (C=O) groups is 1. The van der Waals surface area contributed by atoms with E-state index in [1.165, 1.54) is 5.56 Å². The van der Waals surface area contributed by atoms with Gasteiger partial charge in [-0.3, -0.25) is 4.68 Å². The van der Waals surface area contributed by atoms with E-state index in [1.807, 2.05) is 61.1 Å². The molecule has 2 N–H and O–H groups in total. The van der Waals surface area contributed by atoms with Gasteiger partial charge in [0.2, 0.25) is 0 Å². The minimum atomic E-state index is -0.208. The van der Waals surface area contributed by atoms with E-state index in [2.05, 4.69) is 27.9 Å². The van der Waals surface area contributed by atoms with Crippen LogP contribution in [-0.4, -0.2) is 15.8 Å². The maximum Gasteiger partial charge on any atom is 0.319 e. The summed E-state index contributed by atoms with van der Waals surface area (Å²) < 4.78 is 1.87. The van der Waals surface area contributed by atoms with Gasteiger partial charge in [0.1, 0.15) is 0 Å². The molecule has 0 saturated heterocycles. The zero-order valence-electron chi connectivity index (χ0n) is 14.5. The lowest BCUT2D eigenvalue weighted by molar-refractivity contribution is 0.251. The molecule has 1 aromatic heterocycles. The Morgan fingerprint density at radius 1 is 1.08 bits per heavy atom. The van der Waals surface area contributed by atoms with Crippen molar-refractivity contribution in [3.05, 3.63) is 83.2 Å². The van der Waals surface area contributed by atoms with Crippen LogP contribution in [0.4, 0.5) is 10.5 Å². The number of aromatic nitrogens is 2. The van der Waals surface area contributed by atoms with Crippen molar-refractivity contribution < 1.29 is 4.79 Å². The molecule has 2 amide bonds. The standard InChI is InChI=1S/C20H22N4O/c1-15-8-9-19(16(2)12-15)23-20(25)21-13-17-6-3-4-7-18(17)14-24-11-5-10-22-24/h3-12H,13-14H2,1-2H3,(H2,21,23,25). The van der Waals surface area contributed by atoms with Gasteiger partial charge < -0.3 is 10.6 Å². The Balaban J connectivity index is 1.62. The molecule has 0 aliphatic rings. The zero-order valence-corrected chi connectivity index (χ0v) is 14.5. The number of nitrogens with one attached hydrogen (secondary N) is 2. The van der Waals surface area contributed by atoms with Crippen molar-refractivity contribution in [3.63, 3.8) is 0 Å². The van der Waals surface area contributed by atoms with Crippen LogP contribution in [0.5, 0.6) is 0 Å². The number of hydrogen-bond acceptors (Lipinski definition) is 2. The summed E-state index contributed by atoms with van der Waals surface area (Å²) in [4.78, 5) is 12.2. The van der Waals surface area contributed by atoms with Crippen molar-refractivity contribution in [2.75, 3.05) is 5.32 Å². The van der Waals surface area contributed by atoms with Crippen molar-refractivity contribution in [2.45, 2.75) is 26.9 Å². The molecule has 0 fully saturated rings. The highest BCUT2D eigenvalue weighted by Gasteiger charge is 2.07. The molecule has 5 heteroatoms. The number of urea groups is 1. The highest BCUT2D eigenvalue weighted by molar-refractivity contribution is 5.90. The lowest BCUT2D eigenvalue weighted by Gasteiger charge is -2.13. The van der Waals surface area contributed by atoms with Crippen LogP contribution in [0.2, 0.25) is 0 Å². The molecule has 0 atom stereocenters. The van der Waals surface area contributed by atoms with Crippen molar-refractivity contribution >= 4 is 11.7 Å². The summed E-state index contributed by atoms with van der Waals surface area (Å²) in [7, 11) is 0. The van der Waals surface area contributed by atoms with Crippen molar-refractivity contribution in [1.82, 2.24) is 15.1 Å². The van der Waals surface area contributed by atoms with E-state index < -0.39 is 0 Å². The molecule has 0 aliphatic heterocycles. The second kappa shape index (κ2) is 7.66. The summed E-state index contributed by atoms with van der Waals surface area (Å²) in [6, 6.07) is 15.7. The molecular weight excluding hydrogens is 312 g/mol. The fourth-order valence-corrected chi connectivity index (χ4v) is 2.75. The fourth-order valence-electron chi connectivity index (χ4n) is 2.75. The Hall–Kier alpha value is -3.08. The second-order valence-corrected chi connectivity index (χ2v) is 6.10. The number of benzene rings is 2. The van der Waals surface area contributed by atoms with Gasteiger partial charge in [-0.25, -0.2) is 4.79 Å². The van der Waals surface area contributed by atoms with Gasteiger partial charge in [0, 0.05) is 24.6 Å². The summed E-state index contributed by atoms with van der Waals surface area (Å²) >= 11 is 0. The average Bonchev–Trinajstić information content (AvgIpc) is 3.10. The van der Waals surface area contributed by atoms with Crippen LogP contribution in [0.3, 0.4) is 0 Å². The number of anilines is 1. The van der Waals surface area contributed by atoms with Gasteiger partial charge >= 0.3 is 6.03 Å². The van der Waals surface area contributed by atoms with Crippen LogP contribution in [0, 0.1) is 13.8 Å². The molecule has 0 unspecified atom stereocenters. The number of carbonyl (C=O) groups excluding carboxylic acids is 1. The van der Waals surface area contributed by atoms with Crippen LogP contribution < -0.4 is 10.6 Å². The third-order valence-corrected chi connectivity index (χ3v) is 4.08. The van der Waals surface area contributed by atoms with Gasteiger partial charge in [0.15, 0.2) is 0 Å². The lowest BCUT2D eigenvalue weighted by Crippen LogP contribution is -2.29. The lowest BCUT2D eigenvalue weighted by atomic mass is 10.1. The zero-order chi connectivity index (χ0) is 17.6. The van der Waals surface area contributed by atoms with Gasteiger partial charge in [-0.15, -0.1) is 0 Å². The third-order valence-electron chi connectivity index (χ3n) is 4.08. The summed E-state index contributed by atoms with van der Waals surface area (Å²) in [5.74, 6) is 0. The van der Waals surface area contributed by atoms with E-state index in [0.717, 1.165) is 22.4 Å². The first-order valence-corrected chi connectivity index (χ1v) is 8.28. The second-order valence-electron chi connectivity index (χ2n) is 6.10. The SMILES string of the molecule is Cc1ccc(NC(=O)NCc2ccccc2Cn2cccn2)c(C)c1. The van der Waals surface area contributed by atoms with Crippen molar-refractivity contribution in [2.24, 2.45) is 0 Å². The quantitative estimate of drug-likeness (QED) is 0.744. The Bertz CT molecular complexity index is 856. The molecule has 0 spiro atoms. The molecule has 1 heterocycles. The molecule has 128 valence electrons. The molecular formula is C20H22N4O. The molecule has 0 bridgehead atoms. The first kappa shape index (κ1) is 16.8. The van der Waals surface area contributed by atoms with Crippen molar-refractivity contribution in [3.8, 4) is 0 Å². The predicted octanol–water partition coefficient (Wildman–Crippen LogP) is 3.87. The van der Waals surface area contributed by atoms with Gasteiger partial charge in [-0.1, -0.05) is 42.0 Å². The number of rotatable bonds is 5. The molecule has 25 heavy (non-hydrogen) atoms. The highest BCUT2D eigenvalue weighted by Crippen LogP contribution is 2.16. The molecule has 0 aliphatic carbocycles. The Morgan fingerprint density at radius 2 is 1.88 bits per heavy atom. The maximum absolute atomic E-state index is 12.2. The van der Waals surface area contributed by atoms with Gasteiger partial charge in [0.25, 0.3) is 0 Å². The topological polar surface area (TPSA) is 59.0 Å². The molecule has 2 aromatic carbocycles. The van der Waals surface area contributed by atoms with E-state index in [-0.39, 0.29) is 6.03 Å². The largest absolute Gasteiger partial charge is 0.334 e. The van der Waals surface area contributed by atoms with E-state index in [4.69, 9.17) is 0 Å². The number of amides is 2. The minimum Gasteiger partial charge on any atom is -0.334 e. The molecule has 3 rings (SSSR count). The Labute approximate surface area is 147 Å². The first-order chi connectivity index (χ1) is 12.1. The highest BCUT2D eigenvalue weighted by atomic mass is 16.2. The molecule has 0 radical (unpaired) electrons. The molecule has 0 saturated carbocycles. The van der Waals surface area contributed by atoms with Crippen molar-refractivity contribution in [1.29, 1.82) is 0 Å². The van der Waals surface area contributed by atoms with Crippen LogP contribution >= 0.6 is 0 Å². The van der Waals surface area contributed by atoms with Gasteiger partial charge in [-0.2, -0.15) is 5.10 Å². The molecule has 5 nitrogen and oxygen atoms in total. The monoisotopic (exact) mass is 334 g/mol. The van der Waals surface area contributed by atoms with E-state index in [9.17, 15) is 4.79 Å².